The second-order valence-corrected chi connectivity index (χ2v) is 6.92. The predicted octanol–water partition coefficient (Wildman–Crippen LogP) is 6.17. The van der Waals surface area contributed by atoms with Crippen molar-refractivity contribution in [2.75, 3.05) is 0 Å². The van der Waals surface area contributed by atoms with Crippen molar-refractivity contribution in [3.8, 4) is 0 Å². The summed E-state index contributed by atoms with van der Waals surface area (Å²) >= 11 is 0. The Labute approximate surface area is 144 Å². The zero-order chi connectivity index (χ0) is 16.6. The molecule has 0 amide bonds. The van der Waals surface area contributed by atoms with Crippen LogP contribution in [0.2, 0.25) is 0 Å². The molecule has 1 aliphatic carbocycles. The van der Waals surface area contributed by atoms with Crippen molar-refractivity contribution in [2.24, 2.45) is 5.41 Å². The van der Waals surface area contributed by atoms with E-state index in [0.717, 1.165) is 6.42 Å². The first kappa shape index (κ1) is 15.0. The molecule has 4 rings (SSSR count). The fourth-order valence-corrected chi connectivity index (χ4v) is 3.92. The molecule has 3 aromatic carbocycles. The number of hydrogen-bond acceptors (Lipinski definition) is 0. The second-order valence-electron chi connectivity index (χ2n) is 6.92. The lowest BCUT2D eigenvalue weighted by Gasteiger charge is -2.17. The number of allylic oxidation sites excluding steroid dienone is 2. The van der Waals surface area contributed by atoms with Gasteiger partial charge >= 0.3 is 0 Å². The van der Waals surface area contributed by atoms with Crippen molar-refractivity contribution in [1.29, 1.82) is 0 Å². The fraction of sp³-hybridized carbons (Fsp3) is 0.167. The monoisotopic (exact) mass is 310 g/mol. The maximum atomic E-state index is 2.39. The van der Waals surface area contributed by atoms with Crippen LogP contribution in [0.4, 0.5) is 0 Å². The molecule has 24 heavy (non-hydrogen) atoms. The number of benzene rings is 3. The summed E-state index contributed by atoms with van der Waals surface area (Å²) in [5.74, 6) is 0. The molecule has 0 heteroatoms. The average Bonchev–Trinajstić information content (AvgIpc) is 3.23. The Bertz CT molecular complexity index is 836. The maximum absolute atomic E-state index is 2.39. The van der Waals surface area contributed by atoms with Crippen LogP contribution in [0.25, 0.3) is 11.1 Å². The Morgan fingerprint density at radius 3 is 1.58 bits per heavy atom. The van der Waals surface area contributed by atoms with Crippen molar-refractivity contribution >= 4 is 11.1 Å². The quantitative estimate of drug-likeness (QED) is 0.540. The van der Waals surface area contributed by atoms with Crippen LogP contribution in [0.3, 0.4) is 0 Å². The van der Waals surface area contributed by atoms with Crippen LogP contribution in [0.1, 0.15) is 29.2 Å². The summed E-state index contributed by atoms with van der Waals surface area (Å²) in [5, 5.41) is 0. The van der Waals surface area contributed by atoms with Gasteiger partial charge in [0.1, 0.15) is 0 Å². The highest BCUT2D eigenvalue weighted by atomic mass is 14.5. The van der Waals surface area contributed by atoms with E-state index in [-0.39, 0.29) is 5.41 Å². The van der Waals surface area contributed by atoms with Crippen molar-refractivity contribution in [1.82, 2.24) is 0 Å². The molecule has 0 aliphatic heterocycles. The topological polar surface area (TPSA) is 0 Å². The van der Waals surface area contributed by atoms with Crippen molar-refractivity contribution in [3.63, 3.8) is 0 Å². The maximum Gasteiger partial charge on any atom is 0.0233 e. The fourth-order valence-electron chi connectivity index (χ4n) is 3.92. The lowest BCUT2D eigenvalue weighted by atomic mass is 9.86. The smallest absolute Gasteiger partial charge is 0.0233 e. The first-order valence-electron chi connectivity index (χ1n) is 8.61. The van der Waals surface area contributed by atoms with Gasteiger partial charge in [-0.3, -0.25) is 0 Å². The van der Waals surface area contributed by atoms with Gasteiger partial charge in [0.2, 0.25) is 0 Å². The summed E-state index contributed by atoms with van der Waals surface area (Å²) in [6, 6.07) is 30.4. The molecule has 0 N–H and O–H groups in total. The average molecular weight is 310 g/mol. The zero-order valence-electron chi connectivity index (χ0n) is 14.3. The highest BCUT2D eigenvalue weighted by Gasteiger charge is 2.49. The molecular weight excluding hydrogens is 288 g/mol. The minimum absolute atomic E-state index is 0.120. The Balaban J connectivity index is 1.77. The molecule has 0 radical (unpaired) electrons. The van der Waals surface area contributed by atoms with Crippen LogP contribution in [0.15, 0.2) is 84.9 Å². The molecule has 0 heterocycles. The normalized spacial score (nSPS) is 15.4. The van der Waals surface area contributed by atoms with Gasteiger partial charge < -0.3 is 0 Å². The van der Waals surface area contributed by atoms with E-state index in [4.69, 9.17) is 0 Å². The first-order chi connectivity index (χ1) is 11.7. The van der Waals surface area contributed by atoms with Gasteiger partial charge in [0, 0.05) is 5.41 Å². The molecular formula is C24H22. The minimum atomic E-state index is 0.120. The molecule has 1 aliphatic rings. The molecule has 0 aromatic heterocycles. The lowest BCUT2D eigenvalue weighted by Crippen LogP contribution is -2.07. The van der Waals surface area contributed by atoms with Gasteiger partial charge in [-0.1, -0.05) is 91.9 Å². The summed E-state index contributed by atoms with van der Waals surface area (Å²) in [5.41, 5.74) is 8.65. The van der Waals surface area contributed by atoms with E-state index in [1.165, 1.54) is 33.4 Å². The van der Waals surface area contributed by atoms with Gasteiger partial charge in [-0.2, -0.15) is 0 Å². The molecule has 3 aromatic rings. The van der Waals surface area contributed by atoms with Crippen molar-refractivity contribution < 1.29 is 0 Å². The van der Waals surface area contributed by atoms with Gasteiger partial charge in [-0.25, -0.2) is 0 Å². The molecule has 0 bridgehead atoms. The van der Waals surface area contributed by atoms with E-state index in [0.29, 0.717) is 0 Å². The molecule has 118 valence electrons. The van der Waals surface area contributed by atoms with Crippen LogP contribution in [-0.4, -0.2) is 0 Å². The summed E-state index contributed by atoms with van der Waals surface area (Å²) in [7, 11) is 0. The van der Waals surface area contributed by atoms with E-state index in [2.05, 4.69) is 98.8 Å². The first-order valence-corrected chi connectivity index (χ1v) is 8.61. The second kappa shape index (κ2) is 5.79. The van der Waals surface area contributed by atoms with Crippen molar-refractivity contribution in [3.05, 3.63) is 107 Å². The van der Waals surface area contributed by atoms with Gasteiger partial charge in [-0.05, 0) is 46.7 Å². The zero-order valence-corrected chi connectivity index (χ0v) is 14.3. The summed E-state index contributed by atoms with van der Waals surface area (Å²) in [4.78, 5) is 0. The van der Waals surface area contributed by atoms with Crippen molar-refractivity contribution in [2.45, 2.75) is 20.3 Å². The molecule has 0 unspecified atom stereocenters. The minimum Gasteiger partial charge on any atom is -0.0622 e. The molecule has 0 saturated carbocycles. The van der Waals surface area contributed by atoms with Crippen LogP contribution >= 0.6 is 0 Å². The Kier molecular flexibility index (Phi) is 3.61. The van der Waals surface area contributed by atoms with Crippen LogP contribution in [-0.2, 0) is 6.42 Å². The van der Waals surface area contributed by atoms with Gasteiger partial charge in [0.25, 0.3) is 0 Å². The third-order valence-corrected chi connectivity index (χ3v) is 5.22. The standard InChI is InChI=1S/C24H22/c1-18-11-9-10-16-21(18)17-24(2)22(19-12-5-3-6-13-19)23(24)20-14-7-4-8-15-20/h3-16H,17H2,1-2H3. The molecule has 0 fully saturated rings. The molecule has 0 atom stereocenters. The van der Waals surface area contributed by atoms with Crippen LogP contribution in [0, 0.1) is 12.3 Å². The van der Waals surface area contributed by atoms with Gasteiger partial charge in [0.15, 0.2) is 0 Å². The molecule has 0 nitrogen and oxygen atoms in total. The number of aryl methyl sites for hydroxylation is 1. The summed E-state index contributed by atoms with van der Waals surface area (Å²) in [6.07, 6.45) is 1.06. The summed E-state index contributed by atoms with van der Waals surface area (Å²) < 4.78 is 0. The number of rotatable bonds is 4. The Hall–Kier alpha value is -2.60. The van der Waals surface area contributed by atoms with E-state index in [1.54, 1.807) is 0 Å². The Morgan fingerprint density at radius 1 is 0.625 bits per heavy atom. The van der Waals surface area contributed by atoms with E-state index in [1.807, 2.05) is 0 Å². The third-order valence-electron chi connectivity index (χ3n) is 5.22. The van der Waals surface area contributed by atoms with Crippen LogP contribution in [0.5, 0.6) is 0 Å². The SMILES string of the molecule is Cc1ccccc1CC1(C)C(c2ccccc2)=C1c1ccccc1. The Morgan fingerprint density at radius 2 is 1.08 bits per heavy atom. The van der Waals surface area contributed by atoms with E-state index < -0.39 is 0 Å². The highest BCUT2D eigenvalue weighted by molar-refractivity contribution is 6.14. The summed E-state index contributed by atoms with van der Waals surface area (Å²) in [6.45, 7) is 4.61. The lowest BCUT2D eigenvalue weighted by molar-refractivity contribution is 0.659. The van der Waals surface area contributed by atoms with Crippen LogP contribution < -0.4 is 0 Å². The predicted molar refractivity (Wildman–Crippen MR) is 103 cm³/mol. The van der Waals surface area contributed by atoms with Gasteiger partial charge in [0.05, 0.1) is 0 Å². The largest absolute Gasteiger partial charge is 0.0622 e. The van der Waals surface area contributed by atoms with E-state index in [9.17, 15) is 0 Å². The van der Waals surface area contributed by atoms with E-state index >= 15 is 0 Å². The highest BCUT2D eigenvalue weighted by Crippen LogP contribution is 2.64. The molecule has 0 saturated heterocycles. The molecule has 0 spiro atoms. The number of hydrogen-bond donors (Lipinski definition) is 0. The van der Waals surface area contributed by atoms with Gasteiger partial charge in [-0.15, -0.1) is 0 Å². The third kappa shape index (κ3) is 2.49.